The van der Waals surface area contributed by atoms with Crippen LogP contribution >= 0.6 is 0 Å². The lowest BCUT2D eigenvalue weighted by molar-refractivity contribution is 0.448. The van der Waals surface area contributed by atoms with Gasteiger partial charge in [-0.1, -0.05) is 0 Å². The number of hydrogen-bond donors (Lipinski definition) is 2. The van der Waals surface area contributed by atoms with Crippen molar-refractivity contribution in [3.8, 4) is 0 Å². The molecule has 0 aliphatic heterocycles. The molecule has 0 aliphatic carbocycles. The highest BCUT2D eigenvalue weighted by molar-refractivity contribution is 6.13. The number of benzene rings is 1. The van der Waals surface area contributed by atoms with Gasteiger partial charge in [0.05, 0.1) is 0 Å². The Kier molecular flexibility index (Phi) is 5.33. The first-order valence-electron chi connectivity index (χ1n) is 2.72. The minimum Gasteiger partial charge on any atom is -0.429 e. The highest BCUT2D eigenvalue weighted by Gasteiger charge is 1.86. The van der Waals surface area contributed by atoms with Crippen LogP contribution in [-0.4, -0.2) is 17.7 Å². The van der Waals surface area contributed by atoms with E-state index in [0.717, 1.165) is 24.3 Å². The van der Waals surface area contributed by atoms with E-state index in [1.807, 2.05) is 0 Å². The lowest BCUT2D eigenvalue weighted by Gasteiger charge is -1.83. The maximum atomic E-state index is 11.9. The highest BCUT2D eigenvalue weighted by atomic mass is 19.1. The van der Waals surface area contributed by atoms with Crippen molar-refractivity contribution in [3.05, 3.63) is 35.9 Å². The second-order valence-corrected chi connectivity index (χ2v) is 1.55. The van der Waals surface area contributed by atoms with E-state index >= 15 is 0 Å². The minimum absolute atomic E-state index is 0. The predicted octanol–water partition coefficient (Wildman–Crippen LogP) is 0.470. The van der Waals surface area contributed by atoms with Gasteiger partial charge in [-0.3, -0.25) is 0 Å². The fourth-order valence-electron chi connectivity index (χ4n) is 0.430. The molecule has 0 amide bonds. The van der Waals surface area contributed by atoms with Crippen molar-refractivity contribution < 1.29 is 18.8 Å². The molecule has 0 spiro atoms. The van der Waals surface area contributed by atoms with E-state index in [4.69, 9.17) is 10.0 Å². The van der Waals surface area contributed by atoms with Crippen LogP contribution in [0.25, 0.3) is 0 Å². The molecule has 0 atom stereocenters. The fourth-order valence-corrected chi connectivity index (χ4v) is 0.430. The molecule has 2 nitrogen and oxygen atoms in total. The molecule has 0 saturated carbocycles. The maximum absolute atomic E-state index is 11.9. The molecule has 5 heteroatoms. The van der Waals surface area contributed by atoms with Gasteiger partial charge >= 0.3 is 7.69 Å². The zero-order valence-corrected chi connectivity index (χ0v) is 5.54. The Bertz CT molecular complexity index is 169. The highest BCUT2D eigenvalue weighted by Crippen LogP contribution is 1.98. The van der Waals surface area contributed by atoms with Gasteiger partial charge in [0.2, 0.25) is 0 Å². The summed E-state index contributed by atoms with van der Waals surface area (Å²) in [4.78, 5) is 0. The summed E-state index contributed by atoms with van der Waals surface area (Å²) >= 11 is 0. The average molecular weight is 159 g/mol. The number of rotatable bonds is 0. The first-order chi connectivity index (χ1) is 5.20. The van der Waals surface area contributed by atoms with Gasteiger partial charge in [0.15, 0.2) is 0 Å². The van der Waals surface area contributed by atoms with E-state index in [2.05, 4.69) is 0 Å². The maximum Gasteiger partial charge on any atom is 0.482 e. The van der Waals surface area contributed by atoms with Crippen LogP contribution in [-0.2, 0) is 0 Å². The lowest BCUT2D eigenvalue weighted by Crippen LogP contribution is -1.75. The van der Waals surface area contributed by atoms with Crippen molar-refractivity contribution in [2.45, 2.75) is 0 Å². The molecule has 1 aromatic rings. The molecule has 1 aromatic carbocycles. The Hall–Kier alpha value is -0.935. The van der Waals surface area contributed by atoms with Gasteiger partial charge in [0.25, 0.3) is 0 Å². The first-order valence-corrected chi connectivity index (χ1v) is 2.72. The van der Waals surface area contributed by atoms with Crippen molar-refractivity contribution in [1.29, 1.82) is 0 Å². The second kappa shape index (κ2) is 5.82. The van der Waals surface area contributed by atoms with Gasteiger partial charge in [0.1, 0.15) is 11.6 Å². The van der Waals surface area contributed by atoms with Crippen LogP contribution in [0.3, 0.4) is 0 Å². The SMILES string of the molecule is Fc1ccc(F)cc1.O[B]O. The molecule has 1 rings (SSSR count). The summed E-state index contributed by atoms with van der Waals surface area (Å²) in [7, 11) is 0. The molecule has 2 N–H and O–H groups in total. The summed E-state index contributed by atoms with van der Waals surface area (Å²) in [6, 6.07) is 4.31. The molecule has 0 aromatic heterocycles. The van der Waals surface area contributed by atoms with Crippen molar-refractivity contribution in [2.24, 2.45) is 0 Å². The third-order valence-corrected chi connectivity index (χ3v) is 0.804. The van der Waals surface area contributed by atoms with Crippen molar-refractivity contribution in [1.82, 2.24) is 0 Å². The molecule has 0 fully saturated rings. The third-order valence-electron chi connectivity index (χ3n) is 0.804. The standard InChI is InChI=1S/C6H4F2.BH2O2/c7-5-1-2-6(8)4-3-5;2-1-3/h1-4H;2-3H. The van der Waals surface area contributed by atoms with Crippen molar-refractivity contribution >= 4 is 7.69 Å². The van der Waals surface area contributed by atoms with Crippen LogP contribution in [0.4, 0.5) is 8.78 Å². The van der Waals surface area contributed by atoms with Crippen molar-refractivity contribution in [3.63, 3.8) is 0 Å². The third kappa shape index (κ3) is 5.51. The summed E-state index contributed by atoms with van der Waals surface area (Å²) in [6.45, 7) is 0. The molecule has 11 heavy (non-hydrogen) atoms. The van der Waals surface area contributed by atoms with E-state index < -0.39 is 11.6 Å². The topological polar surface area (TPSA) is 40.5 Å². The van der Waals surface area contributed by atoms with E-state index in [-0.39, 0.29) is 7.69 Å². The molecule has 1 radical (unpaired) electrons. The smallest absolute Gasteiger partial charge is 0.429 e. The lowest BCUT2D eigenvalue weighted by atomic mass is 10.3. The van der Waals surface area contributed by atoms with E-state index in [0.29, 0.717) is 0 Å². The Balaban J connectivity index is 0.000000292. The molecule has 0 bridgehead atoms. The summed E-state index contributed by atoms with van der Waals surface area (Å²) < 4.78 is 23.8. The van der Waals surface area contributed by atoms with E-state index in [9.17, 15) is 8.78 Å². The van der Waals surface area contributed by atoms with Crippen LogP contribution in [0.5, 0.6) is 0 Å². The quantitative estimate of drug-likeness (QED) is 0.540. The second-order valence-electron chi connectivity index (χ2n) is 1.55. The van der Waals surface area contributed by atoms with E-state index in [1.165, 1.54) is 0 Å². The minimum atomic E-state index is -0.411. The van der Waals surface area contributed by atoms with Crippen LogP contribution in [0.15, 0.2) is 24.3 Å². The van der Waals surface area contributed by atoms with Gasteiger partial charge in [-0.05, 0) is 24.3 Å². The van der Waals surface area contributed by atoms with Crippen LogP contribution in [0.2, 0.25) is 0 Å². The monoisotopic (exact) mass is 159 g/mol. The Morgan fingerprint density at radius 1 is 0.909 bits per heavy atom. The van der Waals surface area contributed by atoms with Gasteiger partial charge in [-0.2, -0.15) is 0 Å². The van der Waals surface area contributed by atoms with Crippen LogP contribution < -0.4 is 0 Å². The Morgan fingerprint density at radius 2 is 1.09 bits per heavy atom. The predicted molar refractivity (Wildman–Crippen MR) is 36.5 cm³/mol. The van der Waals surface area contributed by atoms with Crippen LogP contribution in [0, 0.1) is 11.6 Å². The number of halogens is 2. The Labute approximate surface area is 63.4 Å². The van der Waals surface area contributed by atoms with Gasteiger partial charge in [-0.15, -0.1) is 0 Å². The van der Waals surface area contributed by atoms with Crippen molar-refractivity contribution in [2.75, 3.05) is 0 Å². The summed E-state index contributed by atoms with van der Waals surface area (Å²) in [5.41, 5.74) is 0. The average Bonchev–Trinajstić information content (AvgIpc) is 1.97. The molecule has 0 unspecified atom stereocenters. The zero-order chi connectivity index (χ0) is 8.69. The summed E-state index contributed by atoms with van der Waals surface area (Å²) in [5, 5.41) is 14.0. The molecule has 59 valence electrons. The first kappa shape index (κ1) is 10.1. The number of hydrogen-bond acceptors (Lipinski definition) is 2. The fraction of sp³-hybridized carbons (Fsp3) is 0. The van der Waals surface area contributed by atoms with Gasteiger partial charge < -0.3 is 10.0 Å². The van der Waals surface area contributed by atoms with Gasteiger partial charge in [0, 0.05) is 0 Å². The Morgan fingerprint density at radius 3 is 1.27 bits per heavy atom. The zero-order valence-electron chi connectivity index (χ0n) is 5.54. The van der Waals surface area contributed by atoms with Crippen LogP contribution in [0.1, 0.15) is 0 Å². The van der Waals surface area contributed by atoms with E-state index in [1.54, 1.807) is 0 Å². The molecule has 0 aliphatic rings. The normalized spacial score (nSPS) is 8.00. The molecular weight excluding hydrogens is 153 g/mol. The van der Waals surface area contributed by atoms with Gasteiger partial charge in [-0.25, -0.2) is 8.78 Å². The largest absolute Gasteiger partial charge is 0.482 e. The molecular formula is C6H6BF2O2. The summed E-state index contributed by atoms with van der Waals surface area (Å²) in [5.74, 6) is -0.821. The summed E-state index contributed by atoms with van der Waals surface area (Å²) in [6.07, 6.45) is 0. The molecule has 0 heterocycles. The molecule has 0 saturated heterocycles.